The molecule has 4 heteroatoms. The second kappa shape index (κ2) is 6.60. The van der Waals surface area contributed by atoms with Crippen LogP contribution < -0.4 is 16.0 Å². The van der Waals surface area contributed by atoms with Gasteiger partial charge >= 0.3 is 0 Å². The minimum Gasteiger partial charge on any atom is -0.374 e. The second-order valence-electron chi connectivity index (χ2n) is 5.66. The van der Waals surface area contributed by atoms with Crippen LogP contribution in [0.5, 0.6) is 0 Å². The Labute approximate surface area is 130 Å². The molecule has 2 aromatic rings. The number of nitrogens with two attached hydrogens (primary N) is 1. The molecule has 2 heterocycles. The van der Waals surface area contributed by atoms with Crippen molar-refractivity contribution < 1.29 is 0 Å². The van der Waals surface area contributed by atoms with E-state index in [2.05, 4.69) is 53.0 Å². The van der Waals surface area contributed by atoms with Gasteiger partial charge in [0.25, 0.3) is 0 Å². The van der Waals surface area contributed by atoms with E-state index in [9.17, 15) is 0 Å². The van der Waals surface area contributed by atoms with Crippen LogP contribution in [0.1, 0.15) is 28.5 Å². The number of anilines is 1. The monoisotopic (exact) mass is 301 g/mol. The number of benzene rings is 1. The molecule has 3 nitrogen and oxygen atoms in total. The molecule has 3 N–H and O–H groups in total. The molecule has 21 heavy (non-hydrogen) atoms. The van der Waals surface area contributed by atoms with E-state index in [4.69, 9.17) is 5.73 Å². The standard InChI is InChI=1S/C17H23N3S/c1-20-8-2-4-14-10-13(6-7-17(14)20)16(11-18)19-12-15-5-3-9-21-15/h3,5-7,9-10,16,19H,2,4,8,11-12,18H2,1H3. The highest BCUT2D eigenvalue weighted by molar-refractivity contribution is 7.09. The summed E-state index contributed by atoms with van der Waals surface area (Å²) in [6.07, 6.45) is 2.42. The van der Waals surface area contributed by atoms with Gasteiger partial charge in [-0.2, -0.15) is 0 Å². The van der Waals surface area contributed by atoms with Crippen molar-refractivity contribution in [3.63, 3.8) is 0 Å². The summed E-state index contributed by atoms with van der Waals surface area (Å²) in [6, 6.07) is 11.3. The van der Waals surface area contributed by atoms with Crippen molar-refractivity contribution in [3.05, 3.63) is 51.7 Å². The van der Waals surface area contributed by atoms with E-state index in [1.54, 1.807) is 11.3 Å². The van der Waals surface area contributed by atoms with Crippen molar-refractivity contribution in [2.45, 2.75) is 25.4 Å². The SMILES string of the molecule is CN1CCCc2cc(C(CN)NCc3cccs3)ccc21. The summed E-state index contributed by atoms with van der Waals surface area (Å²) in [7, 11) is 2.17. The molecule has 1 unspecified atom stereocenters. The minimum absolute atomic E-state index is 0.227. The Morgan fingerprint density at radius 2 is 2.29 bits per heavy atom. The lowest BCUT2D eigenvalue weighted by Gasteiger charge is -2.29. The van der Waals surface area contributed by atoms with Crippen molar-refractivity contribution >= 4 is 17.0 Å². The molecular formula is C17H23N3S. The summed E-state index contributed by atoms with van der Waals surface area (Å²) in [5, 5.41) is 5.69. The molecule has 0 saturated carbocycles. The first-order valence-electron chi connectivity index (χ1n) is 7.57. The van der Waals surface area contributed by atoms with Crippen LogP contribution >= 0.6 is 11.3 Å². The minimum atomic E-state index is 0.227. The molecule has 112 valence electrons. The Balaban J connectivity index is 1.74. The van der Waals surface area contributed by atoms with Crippen molar-refractivity contribution in [1.29, 1.82) is 0 Å². The molecule has 3 rings (SSSR count). The first-order valence-corrected chi connectivity index (χ1v) is 8.45. The fourth-order valence-corrected chi connectivity index (χ4v) is 3.65. The molecule has 1 aromatic carbocycles. The molecule has 1 aliphatic heterocycles. The Bertz CT molecular complexity index is 580. The zero-order valence-electron chi connectivity index (χ0n) is 12.5. The number of thiophene rings is 1. The van der Waals surface area contributed by atoms with E-state index in [0.29, 0.717) is 6.54 Å². The number of hydrogen-bond acceptors (Lipinski definition) is 4. The maximum absolute atomic E-state index is 5.98. The zero-order chi connectivity index (χ0) is 14.7. The Morgan fingerprint density at radius 3 is 3.05 bits per heavy atom. The summed E-state index contributed by atoms with van der Waals surface area (Å²) < 4.78 is 0. The third-order valence-electron chi connectivity index (χ3n) is 4.20. The van der Waals surface area contributed by atoms with Crippen molar-refractivity contribution in [1.82, 2.24) is 5.32 Å². The Kier molecular flexibility index (Phi) is 4.58. The first-order chi connectivity index (χ1) is 10.3. The molecule has 1 aliphatic rings. The topological polar surface area (TPSA) is 41.3 Å². The van der Waals surface area contributed by atoms with Gasteiger partial charge in [-0.3, -0.25) is 0 Å². The summed E-state index contributed by atoms with van der Waals surface area (Å²) >= 11 is 1.78. The largest absolute Gasteiger partial charge is 0.374 e. The van der Waals surface area contributed by atoms with Crippen LogP contribution in [0.25, 0.3) is 0 Å². The van der Waals surface area contributed by atoms with Crippen LogP contribution in [0.3, 0.4) is 0 Å². The Morgan fingerprint density at radius 1 is 1.38 bits per heavy atom. The maximum atomic E-state index is 5.98. The molecule has 0 spiro atoms. The number of hydrogen-bond donors (Lipinski definition) is 2. The van der Waals surface area contributed by atoms with Gasteiger partial charge in [-0.25, -0.2) is 0 Å². The number of rotatable bonds is 5. The lowest BCUT2D eigenvalue weighted by Crippen LogP contribution is -2.29. The van der Waals surface area contributed by atoms with Gasteiger partial charge in [-0.05, 0) is 41.5 Å². The van der Waals surface area contributed by atoms with Crippen LogP contribution in [0.4, 0.5) is 5.69 Å². The molecule has 0 bridgehead atoms. The quantitative estimate of drug-likeness (QED) is 0.892. The van der Waals surface area contributed by atoms with Crippen LogP contribution in [-0.2, 0) is 13.0 Å². The fourth-order valence-electron chi connectivity index (χ4n) is 3.00. The van der Waals surface area contributed by atoms with Crippen LogP contribution in [-0.4, -0.2) is 20.1 Å². The summed E-state index contributed by atoms with van der Waals surface area (Å²) in [5.74, 6) is 0. The number of nitrogens with zero attached hydrogens (tertiary/aromatic N) is 1. The van der Waals surface area contributed by atoms with Gasteiger partial charge in [0.2, 0.25) is 0 Å². The number of nitrogens with one attached hydrogen (secondary N) is 1. The predicted octanol–water partition coefficient (Wildman–Crippen LogP) is 2.92. The van der Waals surface area contributed by atoms with Gasteiger partial charge in [0.1, 0.15) is 0 Å². The van der Waals surface area contributed by atoms with Crippen molar-refractivity contribution in [2.24, 2.45) is 5.73 Å². The summed E-state index contributed by atoms with van der Waals surface area (Å²) in [5.41, 5.74) is 10.1. The van der Waals surface area contributed by atoms with Gasteiger partial charge < -0.3 is 16.0 Å². The number of aryl methyl sites for hydroxylation is 1. The highest BCUT2D eigenvalue weighted by atomic mass is 32.1. The van der Waals surface area contributed by atoms with E-state index < -0.39 is 0 Å². The van der Waals surface area contributed by atoms with Gasteiger partial charge in [0.05, 0.1) is 0 Å². The molecule has 0 saturated heterocycles. The van der Waals surface area contributed by atoms with E-state index in [1.807, 2.05) is 0 Å². The van der Waals surface area contributed by atoms with Crippen LogP contribution in [0, 0.1) is 0 Å². The predicted molar refractivity (Wildman–Crippen MR) is 91.0 cm³/mol. The highest BCUT2D eigenvalue weighted by Gasteiger charge is 2.16. The molecule has 0 fully saturated rings. The molecule has 0 amide bonds. The van der Waals surface area contributed by atoms with Crippen LogP contribution in [0.2, 0.25) is 0 Å². The first kappa shape index (κ1) is 14.6. The lowest BCUT2D eigenvalue weighted by atomic mass is 9.96. The third-order valence-corrected chi connectivity index (χ3v) is 5.07. The average Bonchev–Trinajstić information content (AvgIpc) is 3.01. The number of fused-ring (bicyclic) bond motifs is 1. The van der Waals surface area contributed by atoms with Gasteiger partial charge in [0, 0.05) is 43.3 Å². The van der Waals surface area contributed by atoms with Gasteiger partial charge in [0.15, 0.2) is 0 Å². The molecule has 0 aliphatic carbocycles. The van der Waals surface area contributed by atoms with Crippen molar-refractivity contribution in [2.75, 3.05) is 25.0 Å². The van der Waals surface area contributed by atoms with Crippen molar-refractivity contribution in [3.8, 4) is 0 Å². The van der Waals surface area contributed by atoms with Crippen LogP contribution in [0.15, 0.2) is 35.7 Å². The van der Waals surface area contributed by atoms with E-state index >= 15 is 0 Å². The lowest BCUT2D eigenvalue weighted by molar-refractivity contribution is 0.544. The smallest absolute Gasteiger partial charge is 0.0447 e. The normalized spacial score (nSPS) is 15.8. The Hall–Kier alpha value is -1.36. The van der Waals surface area contributed by atoms with Gasteiger partial charge in [-0.15, -0.1) is 11.3 Å². The van der Waals surface area contributed by atoms with E-state index in [1.165, 1.54) is 34.5 Å². The highest BCUT2D eigenvalue weighted by Crippen LogP contribution is 2.28. The molecule has 1 atom stereocenters. The van der Waals surface area contributed by atoms with E-state index in [-0.39, 0.29) is 6.04 Å². The molecular weight excluding hydrogens is 278 g/mol. The third kappa shape index (κ3) is 3.28. The van der Waals surface area contributed by atoms with Gasteiger partial charge in [-0.1, -0.05) is 18.2 Å². The average molecular weight is 301 g/mol. The molecule has 0 radical (unpaired) electrons. The molecule has 1 aromatic heterocycles. The second-order valence-corrected chi connectivity index (χ2v) is 6.69. The summed E-state index contributed by atoms with van der Waals surface area (Å²) in [6.45, 7) is 2.67. The zero-order valence-corrected chi connectivity index (χ0v) is 13.3. The summed E-state index contributed by atoms with van der Waals surface area (Å²) in [4.78, 5) is 3.70. The maximum Gasteiger partial charge on any atom is 0.0447 e. The van der Waals surface area contributed by atoms with E-state index in [0.717, 1.165) is 13.1 Å². The fraction of sp³-hybridized carbons (Fsp3) is 0.412.